The summed E-state index contributed by atoms with van der Waals surface area (Å²) in [5.41, 5.74) is 8.17. The maximum absolute atomic E-state index is 13.1. The molecule has 0 saturated carbocycles. The lowest BCUT2D eigenvalue weighted by atomic mass is 10.0. The van der Waals surface area contributed by atoms with Crippen LogP contribution in [-0.2, 0) is 19.1 Å². The van der Waals surface area contributed by atoms with Crippen molar-refractivity contribution in [2.75, 3.05) is 33.4 Å². The van der Waals surface area contributed by atoms with Crippen LogP contribution in [0, 0.1) is 11.3 Å². The van der Waals surface area contributed by atoms with Gasteiger partial charge in [-0.1, -0.05) is 36.4 Å². The van der Waals surface area contributed by atoms with E-state index in [1.807, 2.05) is 48.5 Å². The van der Waals surface area contributed by atoms with Crippen molar-refractivity contribution in [3.63, 3.8) is 0 Å². The number of nitrogens with zero attached hydrogens (tertiary/aromatic N) is 2. The van der Waals surface area contributed by atoms with Gasteiger partial charge in [-0.15, -0.1) is 12.4 Å². The van der Waals surface area contributed by atoms with Crippen LogP contribution in [0.25, 0.3) is 11.1 Å². The van der Waals surface area contributed by atoms with Gasteiger partial charge in [0.25, 0.3) is 0 Å². The Morgan fingerprint density at radius 2 is 1.62 bits per heavy atom. The number of carbonyl (C=O) groups is 3. The molecule has 0 radical (unpaired) electrons. The quantitative estimate of drug-likeness (QED) is 0.293. The second kappa shape index (κ2) is 12.6. The number of ether oxygens (including phenoxy) is 2. The van der Waals surface area contributed by atoms with Crippen LogP contribution in [0.3, 0.4) is 0 Å². The molecule has 0 bridgehead atoms. The molecule has 2 amide bonds. The molecule has 0 aliphatic carbocycles. The summed E-state index contributed by atoms with van der Waals surface area (Å²) in [6.45, 7) is 1.66. The maximum atomic E-state index is 13.1. The van der Waals surface area contributed by atoms with E-state index in [4.69, 9.17) is 20.6 Å². The second-order valence-electron chi connectivity index (χ2n) is 9.25. The van der Waals surface area contributed by atoms with Crippen LogP contribution in [0.15, 0.2) is 48.5 Å². The number of nitrogens with two attached hydrogens (primary N) is 1. The lowest BCUT2D eigenvalue weighted by Gasteiger charge is -2.26. The van der Waals surface area contributed by atoms with Gasteiger partial charge < -0.3 is 25.0 Å². The van der Waals surface area contributed by atoms with Crippen molar-refractivity contribution >= 4 is 36.0 Å². The minimum atomic E-state index is -0.516. The highest BCUT2D eigenvalue weighted by Gasteiger charge is 2.42. The standard InChI is InChI=1S/C27H32N4O5.ClH/c1-35-25(33)15-21-14-22(31(27(21)34)16-24(32)30-12-2-3-13-30)17-36-23-10-8-19(9-11-23)18-4-6-20(7-5-18)26(28)29;/h4-11,21-22H,2-3,12-17H2,1H3,(H3,28,29);1H/t21-,22-;/m0./s1. The molecule has 2 atom stereocenters. The number of nitrogens with one attached hydrogen (secondary N) is 1. The van der Waals surface area contributed by atoms with Crippen molar-refractivity contribution in [1.29, 1.82) is 5.41 Å². The van der Waals surface area contributed by atoms with Crippen LogP contribution in [-0.4, -0.2) is 72.8 Å². The smallest absolute Gasteiger partial charge is 0.306 e. The molecule has 3 N–H and O–H groups in total. The van der Waals surface area contributed by atoms with E-state index in [0.29, 0.717) is 17.7 Å². The molecular weight excluding hydrogens is 496 g/mol. The van der Waals surface area contributed by atoms with Gasteiger partial charge in [0.15, 0.2) is 0 Å². The third-order valence-electron chi connectivity index (χ3n) is 6.86. The number of benzene rings is 2. The monoisotopic (exact) mass is 528 g/mol. The number of hydrogen-bond donors (Lipinski definition) is 2. The molecule has 0 spiro atoms. The zero-order chi connectivity index (χ0) is 25.7. The molecule has 2 aliphatic rings. The zero-order valence-electron chi connectivity index (χ0n) is 20.9. The average molecular weight is 529 g/mol. The third kappa shape index (κ3) is 6.80. The number of nitrogen functional groups attached to an aromatic ring is 1. The first kappa shape index (κ1) is 28.0. The largest absolute Gasteiger partial charge is 0.491 e. The van der Waals surface area contributed by atoms with Crippen LogP contribution in [0.1, 0.15) is 31.2 Å². The first-order valence-electron chi connectivity index (χ1n) is 12.2. The topological polar surface area (TPSA) is 126 Å². The summed E-state index contributed by atoms with van der Waals surface area (Å²) >= 11 is 0. The molecule has 2 aromatic rings. The minimum Gasteiger partial charge on any atom is -0.491 e. The van der Waals surface area contributed by atoms with Crippen LogP contribution in [0.4, 0.5) is 0 Å². The van der Waals surface area contributed by atoms with Crippen LogP contribution in [0.2, 0.25) is 0 Å². The number of methoxy groups -OCH3 is 1. The molecular formula is C27H33ClN4O5. The van der Waals surface area contributed by atoms with E-state index in [2.05, 4.69) is 0 Å². The summed E-state index contributed by atoms with van der Waals surface area (Å²) in [6, 6.07) is 14.7. The summed E-state index contributed by atoms with van der Waals surface area (Å²) in [7, 11) is 1.30. The highest BCUT2D eigenvalue weighted by Crippen LogP contribution is 2.29. The van der Waals surface area contributed by atoms with E-state index in [0.717, 1.165) is 37.1 Å². The minimum absolute atomic E-state index is 0. The Balaban J connectivity index is 0.00000380. The number of rotatable bonds is 9. The van der Waals surface area contributed by atoms with Crippen LogP contribution < -0.4 is 10.5 Å². The number of amides is 2. The first-order chi connectivity index (χ1) is 17.4. The summed E-state index contributed by atoms with van der Waals surface area (Å²) in [5.74, 6) is -0.546. The summed E-state index contributed by atoms with van der Waals surface area (Å²) in [5, 5.41) is 7.51. The van der Waals surface area contributed by atoms with Gasteiger partial charge in [0, 0.05) is 18.7 Å². The summed E-state index contributed by atoms with van der Waals surface area (Å²) < 4.78 is 10.8. The molecule has 0 aromatic heterocycles. The molecule has 2 saturated heterocycles. The van der Waals surface area contributed by atoms with E-state index >= 15 is 0 Å². The van der Waals surface area contributed by atoms with Gasteiger partial charge in [-0.2, -0.15) is 0 Å². The van der Waals surface area contributed by atoms with Gasteiger partial charge in [0.1, 0.15) is 24.7 Å². The van der Waals surface area contributed by atoms with Crippen LogP contribution >= 0.6 is 12.4 Å². The van der Waals surface area contributed by atoms with Gasteiger partial charge in [-0.3, -0.25) is 19.8 Å². The van der Waals surface area contributed by atoms with Gasteiger partial charge >= 0.3 is 5.97 Å². The number of likely N-dealkylation sites (tertiary alicyclic amines) is 2. The van der Waals surface area contributed by atoms with Crippen molar-refractivity contribution in [2.24, 2.45) is 11.7 Å². The van der Waals surface area contributed by atoms with Gasteiger partial charge in [0.2, 0.25) is 11.8 Å². The van der Waals surface area contributed by atoms with E-state index in [-0.39, 0.29) is 55.7 Å². The highest BCUT2D eigenvalue weighted by molar-refractivity contribution is 5.95. The zero-order valence-corrected chi connectivity index (χ0v) is 21.7. The fourth-order valence-corrected chi connectivity index (χ4v) is 4.78. The van der Waals surface area contributed by atoms with E-state index in [1.54, 1.807) is 9.80 Å². The van der Waals surface area contributed by atoms with E-state index in [9.17, 15) is 14.4 Å². The van der Waals surface area contributed by atoms with Crippen LogP contribution in [0.5, 0.6) is 5.75 Å². The summed E-state index contributed by atoms with van der Waals surface area (Å²) in [6.07, 6.45) is 2.39. The predicted octanol–water partition coefficient (Wildman–Crippen LogP) is 2.84. The lowest BCUT2D eigenvalue weighted by molar-refractivity contribution is -0.145. The number of esters is 1. The molecule has 2 fully saturated rings. The van der Waals surface area contributed by atoms with Gasteiger partial charge in [-0.25, -0.2) is 0 Å². The normalized spacial score (nSPS) is 18.9. The maximum Gasteiger partial charge on any atom is 0.306 e. The Bertz CT molecular complexity index is 1120. The SMILES string of the molecule is COC(=O)C[C@@H]1C[C@@H](COc2ccc(-c3ccc(C(=N)N)cc3)cc2)N(CC(=O)N2CCCC2)C1=O.Cl. The Labute approximate surface area is 222 Å². The van der Waals surface area contributed by atoms with Crippen molar-refractivity contribution in [3.8, 4) is 16.9 Å². The van der Waals surface area contributed by atoms with Crippen molar-refractivity contribution in [3.05, 3.63) is 54.1 Å². The molecule has 198 valence electrons. The summed E-state index contributed by atoms with van der Waals surface area (Å²) in [4.78, 5) is 41.0. The molecule has 10 heteroatoms. The highest BCUT2D eigenvalue weighted by atomic mass is 35.5. The number of amidine groups is 1. The van der Waals surface area contributed by atoms with Crippen molar-refractivity contribution in [1.82, 2.24) is 9.80 Å². The van der Waals surface area contributed by atoms with Gasteiger partial charge in [0.05, 0.1) is 25.5 Å². The predicted molar refractivity (Wildman–Crippen MR) is 142 cm³/mol. The number of halogens is 1. The fraction of sp³-hybridized carbons (Fsp3) is 0.407. The number of hydrogen-bond acceptors (Lipinski definition) is 6. The molecule has 2 aliphatic heterocycles. The lowest BCUT2D eigenvalue weighted by Crippen LogP contribution is -2.45. The molecule has 4 rings (SSSR count). The fourth-order valence-electron chi connectivity index (χ4n) is 4.78. The Morgan fingerprint density at radius 3 is 2.19 bits per heavy atom. The molecule has 37 heavy (non-hydrogen) atoms. The third-order valence-corrected chi connectivity index (χ3v) is 6.86. The van der Waals surface area contributed by atoms with Gasteiger partial charge in [-0.05, 0) is 42.5 Å². The molecule has 2 heterocycles. The van der Waals surface area contributed by atoms with E-state index in [1.165, 1.54) is 7.11 Å². The van der Waals surface area contributed by atoms with Crippen molar-refractivity contribution in [2.45, 2.75) is 31.7 Å². The Kier molecular flexibility index (Phi) is 9.52. The van der Waals surface area contributed by atoms with E-state index < -0.39 is 11.9 Å². The first-order valence-corrected chi connectivity index (χ1v) is 12.2. The Morgan fingerprint density at radius 1 is 1.03 bits per heavy atom. The Hall–Kier alpha value is -3.59. The average Bonchev–Trinajstić information content (AvgIpc) is 3.53. The number of carbonyl (C=O) groups excluding carboxylic acids is 3. The van der Waals surface area contributed by atoms with Crippen molar-refractivity contribution < 1.29 is 23.9 Å². The molecule has 9 nitrogen and oxygen atoms in total. The second-order valence-corrected chi connectivity index (χ2v) is 9.25. The molecule has 0 unspecified atom stereocenters. The molecule has 2 aromatic carbocycles.